The summed E-state index contributed by atoms with van der Waals surface area (Å²) < 4.78 is 0. The summed E-state index contributed by atoms with van der Waals surface area (Å²) in [6.07, 6.45) is 3.38. The Morgan fingerprint density at radius 3 is 1.94 bits per heavy atom. The van der Waals surface area contributed by atoms with Gasteiger partial charge in [0.15, 0.2) is 0 Å². The minimum atomic E-state index is 0.737. The summed E-state index contributed by atoms with van der Waals surface area (Å²) in [7, 11) is 0. The molecule has 0 aliphatic heterocycles. The van der Waals surface area contributed by atoms with Crippen molar-refractivity contribution in [1.29, 1.82) is 0 Å². The molecular formula is C13H32N4. The highest BCUT2D eigenvalue weighted by atomic mass is 15.1. The van der Waals surface area contributed by atoms with E-state index >= 15 is 0 Å². The summed E-state index contributed by atoms with van der Waals surface area (Å²) >= 11 is 0. The van der Waals surface area contributed by atoms with Crippen LogP contribution in [0, 0.1) is 5.92 Å². The maximum Gasteiger partial charge on any atom is -0.000662 e. The van der Waals surface area contributed by atoms with E-state index in [1.807, 2.05) is 0 Å². The first-order valence-electron chi connectivity index (χ1n) is 7.04. The normalized spacial score (nSPS) is 11.6. The molecule has 0 radical (unpaired) electrons. The van der Waals surface area contributed by atoms with Gasteiger partial charge in [-0.1, -0.05) is 13.8 Å². The molecule has 5 N–H and O–H groups in total. The summed E-state index contributed by atoms with van der Waals surface area (Å²) in [5, 5.41) is 3.48. The van der Waals surface area contributed by atoms with Crippen LogP contribution in [0.4, 0.5) is 0 Å². The van der Waals surface area contributed by atoms with Crippen molar-refractivity contribution in [1.82, 2.24) is 10.2 Å². The molecule has 0 aliphatic rings. The van der Waals surface area contributed by atoms with Gasteiger partial charge in [-0.2, -0.15) is 0 Å². The third kappa shape index (κ3) is 12.1. The molecule has 0 fully saturated rings. The highest BCUT2D eigenvalue weighted by Crippen LogP contribution is 1.96. The van der Waals surface area contributed by atoms with Gasteiger partial charge in [-0.3, -0.25) is 0 Å². The molecule has 4 heteroatoms. The van der Waals surface area contributed by atoms with Crippen LogP contribution in [-0.4, -0.2) is 50.7 Å². The lowest BCUT2D eigenvalue weighted by atomic mass is 10.2. The lowest BCUT2D eigenvalue weighted by Crippen LogP contribution is -2.32. The van der Waals surface area contributed by atoms with Crippen molar-refractivity contribution in [3.63, 3.8) is 0 Å². The zero-order chi connectivity index (χ0) is 12.9. The molecule has 0 atom stereocenters. The second kappa shape index (κ2) is 12.3. The SMILES string of the molecule is CC(C)CNCCCN(CCCN)CCCN. The average Bonchev–Trinajstić information content (AvgIpc) is 2.30. The van der Waals surface area contributed by atoms with E-state index in [0.717, 1.165) is 64.6 Å². The molecule has 0 amide bonds. The van der Waals surface area contributed by atoms with Crippen LogP contribution in [0.25, 0.3) is 0 Å². The lowest BCUT2D eigenvalue weighted by molar-refractivity contribution is 0.265. The summed E-state index contributed by atoms with van der Waals surface area (Å²) in [6.45, 7) is 11.6. The van der Waals surface area contributed by atoms with E-state index in [0.29, 0.717) is 0 Å². The van der Waals surface area contributed by atoms with Gasteiger partial charge in [-0.25, -0.2) is 0 Å². The van der Waals surface area contributed by atoms with Crippen LogP contribution in [0.3, 0.4) is 0 Å². The fraction of sp³-hybridized carbons (Fsp3) is 1.00. The molecule has 0 aromatic rings. The molecule has 0 aromatic carbocycles. The predicted octanol–water partition coefficient (Wildman–Crippen LogP) is 0.622. The standard InChI is InChI=1S/C13H32N4/c1-13(2)12-16-8-5-11-17(9-3-6-14)10-4-7-15/h13,16H,3-12,14-15H2,1-2H3. The van der Waals surface area contributed by atoms with Crippen molar-refractivity contribution in [3.05, 3.63) is 0 Å². The topological polar surface area (TPSA) is 67.3 Å². The molecule has 0 aromatic heterocycles. The molecule has 0 rings (SSSR count). The summed E-state index contributed by atoms with van der Waals surface area (Å²) in [4.78, 5) is 2.48. The van der Waals surface area contributed by atoms with Gasteiger partial charge in [0.05, 0.1) is 0 Å². The maximum atomic E-state index is 5.55. The number of hydrogen-bond acceptors (Lipinski definition) is 4. The first-order valence-corrected chi connectivity index (χ1v) is 7.04. The maximum absolute atomic E-state index is 5.55. The van der Waals surface area contributed by atoms with E-state index in [1.54, 1.807) is 0 Å². The van der Waals surface area contributed by atoms with Gasteiger partial charge < -0.3 is 21.7 Å². The molecule has 0 unspecified atom stereocenters. The Bertz CT molecular complexity index is 142. The summed E-state index contributed by atoms with van der Waals surface area (Å²) in [6, 6.07) is 0. The molecule has 4 nitrogen and oxygen atoms in total. The number of nitrogens with zero attached hydrogens (tertiary/aromatic N) is 1. The van der Waals surface area contributed by atoms with Gasteiger partial charge >= 0.3 is 0 Å². The van der Waals surface area contributed by atoms with E-state index < -0.39 is 0 Å². The van der Waals surface area contributed by atoms with Crippen molar-refractivity contribution in [2.45, 2.75) is 33.1 Å². The quantitative estimate of drug-likeness (QED) is 0.440. The molecule has 104 valence electrons. The van der Waals surface area contributed by atoms with E-state index in [1.165, 1.54) is 6.42 Å². The molecule has 0 saturated heterocycles. The van der Waals surface area contributed by atoms with Crippen molar-refractivity contribution < 1.29 is 0 Å². The van der Waals surface area contributed by atoms with Crippen LogP contribution in [-0.2, 0) is 0 Å². The third-order valence-corrected chi connectivity index (χ3v) is 2.74. The largest absolute Gasteiger partial charge is 0.330 e. The minimum Gasteiger partial charge on any atom is -0.330 e. The van der Waals surface area contributed by atoms with Gasteiger partial charge in [0.25, 0.3) is 0 Å². The van der Waals surface area contributed by atoms with Gasteiger partial charge in [-0.05, 0) is 71.0 Å². The van der Waals surface area contributed by atoms with Crippen LogP contribution >= 0.6 is 0 Å². The smallest absolute Gasteiger partial charge is 0.000662 e. The minimum absolute atomic E-state index is 0.737. The molecule has 0 heterocycles. The fourth-order valence-corrected chi connectivity index (χ4v) is 1.78. The second-order valence-corrected chi connectivity index (χ2v) is 5.08. The van der Waals surface area contributed by atoms with E-state index in [2.05, 4.69) is 24.1 Å². The third-order valence-electron chi connectivity index (χ3n) is 2.74. The zero-order valence-corrected chi connectivity index (χ0v) is 11.8. The molecule has 0 saturated carbocycles. The molecule has 0 spiro atoms. The van der Waals surface area contributed by atoms with Crippen molar-refractivity contribution in [2.24, 2.45) is 17.4 Å². The van der Waals surface area contributed by atoms with Crippen molar-refractivity contribution in [3.8, 4) is 0 Å². The van der Waals surface area contributed by atoms with Crippen LogP contribution in [0.2, 0.25) is 0 Å². The molecule has 0 aliphatic carbocycles. The monoisotopic (exact) mass is 244 g/mol. The van der Waals surface area contributed by atoms with Gasteiger partial charge in [-0.15, -0.1) is 0 Å². The summed E-state index contributed by atoms with van der Waals surface area (Å²) in [5.41, 5.74) is 11.1. The fourth-order valence-electron chi connectivity index (χ4n) is 1.78. The Balaban J connectivity index is 3.52. The molecule has 0 bridgehead atoms. The Kier molecular flexibility index (Phi) is 12.2. The highest BCUT2D eigenvalue weighted by Gasteiger charge is 2.03. The van der Waals surface area contributed by atoms with Crippen molar-refractivity contribution >= 4 is 0 Å². The van der Waals surface area contributed by atoms with Crippen LogP contribution < -0.4 is 16.8 Å². The van der Waals surface area contributed by atoms with E-state index in [9.17, 15) is 0 Å². The number of rotatable bonds is 12. The van der Waals surface area contributed by atoms with Crippen LogP contribution in [0.5, 0.6) is 0 Å². The van der Waals surface area contributed by atoms with Gasteiger partial charge in [0.1, 0.15) is 0 Å². The second-order valence-electron chi connectivity index (χ2n) is 5.08. The summed E-state index contributed by atoms with van der Waals surface area (Å²) in [5.74, 6) is 0.737. The first-order chi connectivity index (χ1) is 8.20. The van der Waals surface area contributed by atoms with Crippen molar-refractivity contribution in [2.75, 3.05) is 45.8 Å². The number of nitrogens with one attached hydrogen (secondary N) is 1. The zero-order valence-electron chi connectivity index (χ0n) is 11.8. The van der Waals surface area contributed by atoms with E-state index in [-0.39, 0.29) is 0 Å². The first kappa shape index (κ1) is 16.8. The predicted molar refractivity (Wildman–Crippen MR) is 76.1 cm³/mol. The van der Waals surface area contributed by atoms with Crippen LogP contribution in [0.1, 0.15) is 33.1 Å². The average molecular weight is 244 g/mol. The Labute approximate surface area is 107 Å². The number of hydrogen-bond donors (Lipinski definition) is 3. The Hall–Kier alpha value is -0.160. The molecular weight excluding hydrogens is 212 g/mol. The van der Waals surface area contributed by atoms with Crippen LogP contribution in [0.15, 0.2) is 0 Å². The Morgan fingerprint density at radius 1 is 0.941 bits per heavy atom. The van der Waals surface area contributed by atoms with Gasteiger partial charge in [0, 0.05) is 0 Å². The molecule has 17 heavy (non-hydrogen) atoms. The Morgan fingerprint density at radius 2 is 1.47 bits per heavy atom. The lowest BCUT2D eigenvalue weighted by Gasteiger charge is -2.22. The van der Waals surface area contributed by atoms with Gasteiger partial charge in [0.2, 0.25) is 0 Å². The highest BCUT2D eigenvalue weighted by molar-refractivity contribution is 4.61. The van der Waals surface area contributed by atoms with E-state index in [4.69, 9.17) is 11.5 Å². The number of nitrogens with two attached hydrogens (primary N) is 2.